The standard InChI is InChI=1S/C19H20ClN5O2/c1-12-6-7-14(13(20)9-12)22-16(26)10-24-11-21-18-17(19(24)27)23-15-5-3-2-4-8-25(15)18/h6-7,9,11H,2-5,8,10H2,1H3,(H,22,26). The lowest BCUT2D eigenvalue weighted by atomic mass is 10.2. The van der Waals surface area contributed by atoms with Crippen LogP contribution in [0.4, 0.5) is 5.69 Å². The zero-order valence-electron chi connectivity index (χ0n) is 15.0. The van der Waals surface area contributed by atoms with Crippen LogP contribution in [0.15, 0.2) is 29.3 Å². The highest BCUT2D eigenvalue weighted by Gasteiger charge is 2.18. The molecule has 140 valence electrons. The van der Waals surface area contributed by atoms with E-state index < -0.39 is 0 Å². The van der Waals surface area contributed by atoms with Crippen LogP contribution >= 0.6 is 11.6 Å². The van der Waals surface area contributed by atoms with Gasteiger partial charge in [0.15, 0.2) is 11.2 Å². The molecule has 1 amide bonds. The van der Waals surface area contributed by atoms with Gasteiger partial charge in [-0.25, -0.2) is 9.97 Å². The number of carbonyl (C=O) groups is 1. The molecule has 0 radical (unpaired) electrons. The van der Waals surface area contributed by atoms with Crippen molar-refractivity contribution in [2.45, 2.75) is 45.7 Å². The molecule has 1 aliphatic rings. The molecule has 0 atom stereocenters. The van der Waals surface area contributed by atoms with Crippen molar-refractivity contribution in [2.75, 3.05) is 5.32 Å². The van der Waals surface area contributed by atoms with Crippen LogP contribution in [0.25, 0.3) is 11.2 Å². The van der Waals surface area contributed by atoms with E-state index in [-0.39, 0.29) is 18.0 Å². The molecule has 2 aromatic heterocycles. The normalized spacial score (nSPS) is 14.0. The Kier molecular flexibility index (Phi) is 4.70. The number of nitrogens with zero attached hydrogens (tertiary/aromatic N) is 4. The van der Waals surface area contributed by atoms with Crippen LogP contribution in [0.1, 0.15) is 30.7 Å². The first kappa shape index (κ1) is 17.7. The average molecular weight is 386 g/mol. The van der Waals surface area contributed by atoms with Gasteiger partial charge in [-0.1, -0.05) is 24.1 Å². The zero-order valence-corrected chi connectivity index (χ0v) is 15.8. The van der Waals surface area contributed by atoms with Crippen molar-refractivity contribution in [3.05, 3.63) is 51.3 Å². The predicted molar refractivity (Wildman–Crippen MR) is 104 cm³/mol. The van der Waals surface area contributed by atoms with Gasteiger partial charge in [-0.2, -0.15) is 0 Å². The third-order valence-corrected chi connectivity index (χ3v) is 5.11. The van der Waals surface area contributed by atoms with E-state index in [1.54, 1.807) is 12.1 Å². The van der Waals surface area contributed by atoms with E-state index in [1.807, 2.05) is 17.6 Å². The minimum absolute atomic E-state index is 0.145. The molecule has 3 aromatic rings. The highest BCUT2D eigenvalue weighted by atomic mass is 35.5. The van der Waals surface area contributed by atoms with Gasteiger partial charge in [0.25, 0.3) is 5.56 Å². The molecule has 0 unspecified atom stereocenters. The molecule has 0 spiro atoms. The summed E-state index contributed by atoms with van der Waals surface area (Å²) in [6.07, 6.45) is 5.55. The van der Waals surface area contributed by atoms with Crippen molar-refractivity contribution < 1.29 is 4.79 Å². The summed E-state index contributed by atoms with van der Waals surface area (Å²) in [5, 5.41) is 3.19. The number of fused-ring (bicyclic) bond motifs is 3. The van der Waals surface area contributed by atoms with Gasteiger partial charge in [-0.05, 0) is 37.5 Å². The lowest BCUT2D eigenvalue weighted by Crippen LogP contribution is -2.28. The first-order valence-electron chi connectivity index (χ1n) is 9.03. The Morgan fingerprint density at radius 2 is 2.15 bits per heavy atom. The number of rotatable bonds is 3. The fraction of sp³-hybridized carbons (Fsp3) is 0.368. The van der Waals surface area contributed by atoms with Gasteiger partial charge in [-0.3, -0.25) is 14.2 Å². The number of amides is 1. The number of nitrogens with one attached hydrogen (secondary N) is 1. The van der Waals surface area contributed by atoms with Gasteiger partial charge in [0.1, 0.15) is 18.7 Å². The molecule has 8 heteroatoms. The van der Waals surface area contributed by atoms with Gasteiger partial charge in [0, 0.05) is 13.0 Å². The Hall–Kier alpha value is -2.67. The molecule has 0 fully saturated rings. The summed E-state index contributed by atoms with van der Waals surface area (Å²) in [6, 6.07) is 5.38. The van der Waals surface area contributed by atoms with Gasteiger partial charge in [0.05, 0.1) is 10.7 Å². The number of hydrogen-bond acceptors (Lipinski definition) is 4. The first-order valence-corrected chi connectivity index (χ1v) is 9.41. The van der Waals surface area contributed by atoms with E-state index in [0.29, 0.717) is 21.9 Å². The number of benzene rings is 1. The fourth-order valence-corrected chi connectivity index (χ4v) is 3.69. The molecular weight excluding hydrogens is 366 g/mol. The van der Waals surface area contributed by atoms with Crippen LogP contribution in [0.5, 0.6) is 0 Å². The molecule has 0 bridgehead atoms. The Morgan fingerprint density at radius 1 is 1.30 bits per heavy atom. The summed E-state index contributed by atoms with van der Waals surface area (Å²) in [5.74, 6) is 0.561. The minimum Gasteiger partial charge on any atom is -0.323 e. The molecule has 1 aromatic carbocycles. The number of anilines is 1. The Labute approximate surface area is 161 Å². The van der Waals surface area contributed by atoms with Crippen LogP contribution < -0.4 is 10.9 Å². The number of halogens is 1. The average Bonchev–Trinajstić information content (AvgIpc) is 2.82. The number of carbonyl (C=O) groups excluding carboxylic acids is 1. The second-order valence-electron chi connectivity index (χ2n) is 6.87. The summed E-state index contributed by atoms with van der Waals surface area (Å²) < 4.78 is 3.31. The molecule has 27 heavy (non-hydrogen) atoms. The highest BCUT2D eigenvalue weighted by Crippen LogP contribution is 2.22. The Balaban J connectivity index is 1.59. The maximum absolute atomic E-state index is 12.8. The molecule has 0 aliphatic carbocycles. The quantitative estimate of drug-likeness (QED) is 0.751. The summed E-state index contributed by atoms with van der Waals surface area (Å²) in [7, 11) is 0. The van der Waals surface area contributed by atoms with Crippen LogP contribution in [-0.2, 0) is 24.3 Å². The maximum atomic E-state index is 12.8. The number of hydrogen-bond donors (Lipinski definition) is 1. The molecule has 1 aliphatic heterocycles. The molecule has 0 saturated heterocycles. The zero-order chi connectivity index (χ0) is 19.0. The molecule has 1 N–H and O–H groups in total. The van der Waals surface area contributed by atoms with E-state index in [2.05, 4.69) is 15.3 Å². The fourth-order valence-electron chi connectivity index (χ4n) is 3.41. The third-order valence-electron chi connectivity index (χ3n) is 4.80. The summed E-state index contributed by atoms with van der Waals surface area (Å²) in [4.78, 5) is 34.0. The molecule has 4 rings (SSSR count). The summed E-state index contributed by atoms with van der Waals surface area (Å²) >= 11 is 6.15. The second kappa shape index (κ2) is 7.15. The Bertz CT molecular complexity index is 1090. The summed E-state index contributed by atoms with van der Waals surface area (Å²) in [5.41, 5.74) is 2.16. The van der Waals surface area contributed by atoms with Crippen LogP contribution in [0.2, 0.25) is 5.02 Å². The number of imidazole rings is 1. The van der Waals surface area contributed by atoms with Gasteiger partial charge < -0.3 is 9.88 Å². The van der Waals surface area contributed by atoms with E-state index >= 15 is 0 Å². The molecule has 3 heterocycles. The third kappa shape index (κ3) is 3.47. The van der Waals surface area contributed by atoms with E-state index in [4.69, 9.17) is 11.6 Å². The topological polar surface area (TPSA) is 81.8 Å². The van der Waals surface area contributed by atoms with Crippen molar-refractivity contribution in [1.29, 1.82) is 0 Å². The van der Waals surface area contributed by atoms with E-state index in [1.165, 1.54) is 10.9 Å². The van der Waals surface area contributed by atoms with E-state index in [0.717, 1.165) is 43.6 Å². The van der Waals surface area contributed by atoms with E-state index in [9.17, 15) is 9.59 Å². The number of aryl methyl sites for hydroxylation is 3. The molecule has 0 saturated carbocycles. The second-order valence-corrected chi connectivity index (χ2v) is 7.28. The van der Waals surface area contributed by atoms with Crippen molar-refractivity contribution in [3.8, 4) is 0 Å². The van der Waals surface area contributed by atoms with Gasteiger partial charge in [-0.15, -0.1) is 0 Å². The SMILES string of the molecule is Cc1ccc(NC(=O)Cn2cnc3c(nc4n3CCCCC4)c2=O)c(Cl)c1. The van der Waals surface area contributed by atoms with Gasteiger partial charge >= 0.3 is 0 Å². The van der Waals surface area contributed by atoms with Crippen LogP contribution in [-0.4, -0.2) is 25.0 Å². The summed E-state index contributed by atoms with van der Waals surface area (Å²) in [6.45, 7) is 2.60. The van der Waals surface area contributed by atoms with Crippen molar-refractivity contribution in [3.63, 3.8) is 0 Å². The molecule has 7 nitrogen and oxygen atoms in total. The first-order chi connectivity index (χ1) is 13.0. The van der Waals surface area contributed by atoms with Crippen molar-refractivity contribution in [1.82, 2.24) is 19.1 Å². The lowest BCUT2D eigenvalue weighted by molar-refractivity contribution is -0.116. The highest BCUT2D eigenvalue weighted by molar-refractivity contribution is 6.33. The van der Waals surface area contributed by atoms with Crippen molar-refractivity contribution >= 4 is 34.4 Å². The molecular formula is C19H20ClN5O2. The minimum atomic E-state index is -0.343. The van der Waals surface area contributed by atoms with Crippen LogP contribution in [0, 0.1) is 6.92 Å². The Morgan fingerprint density at radius 3 is 2.96 bits per heavy atom. The van der Waals surface area contributed by atoms with Crippen molar-refractivity contribution in [2.24, 2.45) is 0 Å². The monoisotopic (exact) mass is 385 g/mol. The number of aromatic nitrogens is 4. The predicted octanol–water partition coefficient (Wildman–Crippen LogP) is 2.92. The van der Waals surface area contributed by atoms with Crippen LogP contribution in [0.3, 0.4) is 0 Å². The largest absolute Gasteiger partial charge is 0.323 e. The smallest absolute Gasteiger partial charge is 0.282 e. The van der Waals surface area contributed by atoms with Gasteiger partial charge in [0.2, 0.25) is 5.91 Å². The maximum Gasteiger partial charge on any atom is 0.282 e. The lowest BCUT2D eigenvalue weighted by Gasteiger charge is -2.09.